The Balaban J connectivity index is 1.53. The van der Waals surface area contributed by atoms with Gasteiger partial charge in [-0.2, -0.15) is 0 Å². The summed E-state index contributed by atoms with van der Waals surface area (Å²) in [4.78, 5) is 7.14. The monoisotopic (exact) mass is 367 g/mol. The number of guanidine groups is 1. The van der Waals surface area contributed by atoms with Gasteiger partial charge >= 0.3 is 0 Å². The molecule has 2 aromatic rings. The molecule has 0 amide bonds. The van der Waals surface area contributed by atoms with Crippen molar-refractivity contribution in [3.63, 3.8) is 0 Å². The maximum Gasteiger partial charge on any atom is 0.193 e. The zero-order valence-corrected chi connectivity index (χ0v) is 16.8. The molecular formula is C23H33N3O. The predicted octanol–water partition coefficient (Wildman–Crippen LogP) is 4.10. The molecule has 27 heavy (non-hydrogen) atoms. The standard InChI is InChI=1S/C23H33N3O/c1-3-24-23(26(2)15-11-19-12-16-27-17-13-19)25-14-10-20-8-9-21-6-4-5-7-22(21)18-20/h4-9,18-19H,3,10-17H2,1-2H3,(H,24,25). The smallest absolute Gasteiger partial charge is 0.193 e. The zero-order valence-electron chi connectivity index (χ0n) is 16.8. The van der Waals surface area contributed by atoms with Crippen LogP contribution in [-0.2, 0) is 11.2 Å². The van der Waals surface area contributed by atoms with Gasteiger partial charge in [0.1, 0.15) is 0 Å². The molecule has 1 saturated heterocycles. The number of nitrogens with one attached hydrogen (secondary N) is 1. The van der Waals surface area contributed by atoms with Crippen molar-refractivity contribution < 1.29 is 4.74 Å². The summed E-state index contributed by atoms with van der Waals surface area (Å²) in [5.74, 6) is 1.81. The molecule has 0 spiro atoms. The topological polar surface area (TPSA) is 36.9 Å². The first kappa shape index (κ1) is 19.7. The molecule has 1 heterocycles. The van der Waals surface area contributed by atoms with Crippen molar-refractivity contribution in [3.8, 4) is 0 Å². The predicted molar refractivity (Wildman–Crippen MR) is 114 cm³/mol. The van der Waals surface area contributed by atoms with Crippen LogP contribution in [-0.4, -0.2) is 50.8 Å². The lowest BCUT2D eigenvalue weighted by Crippen LogP contribution is -2.40. The van der Waals surface area contributed by atoms with Crippen molar-refractivity contribution in [1.29, 1.82) is 0 Å². The van der Waals surface area contributed by atoms with Gasteiger partial charge in [-0.15, -0.1) is 0 Å². The summed E-state index contributed by atoms with van der Waals surface area (Å²) in [5.41, 5.74) is 1.35. The van der Waals surface area contributed by atoms with Crippen molar-refractivity contribution in [2.75, 3.05) is 39.9 Å². The summed E-state index contributed by atoms with van der Waals surface area (Å²) in [7, 11) is 2.15. The summed E-state index contributed by atoms with van der Waals surface area (Å²) in [5, 5.41) is 6.04. The molecule has 146 valence electrons. The van der Waals surface area contributed by atoms with Crippen molar-refractivity contribution >= 4 is 16.7 Å². The molecule has 1 N–H and O–H groups in total. The number of fused-ring (bicyclic) bond motifs is 1. The number of hydrogen-bond acceptors (Lipinski definition) is 2. The van der Waals surface area contributed by atoms with E-state index in [0.717, 1.165) is 51.1 Å². The molecule has 1 fully saturated rings. The minimum absolute atomic E-state index is 0.793. The van der Waals surface area contributed by atoms with E-state index in [4.69, 9.17) is 9.73 Å². The van der Waals surface area contributed by atoms with Crippen LogP contribution in [0.25, 0.3) is 10.8 Å². The Bertz CT molecular complexity index is 737. The Labute approximate surface area is 163 Å². The molecule has 4 heteroatoms. The molecule has 1 aliphatic rings. The first-order valence-corrected chi connectivity index (χ1v) is 10.3. The number of rotatable bonds is 7. The van der Waals surface area contributed by atoms with Crippen LogP contribution >= 0.6 is 0 Å². The molecule has 4 nitrogen and oxygen atoms in total. The number of hydrogen-bond donors (Lipinski definition) is 1. The normalized spacial score (nSPS) is 15.9. The van der Waals surface area contributed by atoms with Crippen molar-refractivity contribution in [2.45, 2.75) is 32.6 Å². The fourth-order valence-electron chi connectivity index (χ4n) is 3.67. The van der Waals surface area contributed by atoms with Crippen LogP contribution in [0.1, 0.15) is 31.7 Å². The number of aliphatic imine (C=N–C) groups is 1. The van der Waals surface area contributed by atoms with E-state index in [1.165, 1.54) is 35.6 Å². The van der Waals surface area contributed by atoms with Crippen LogP contribution < -0.4 is 5.32 Å². The largest absolute Gasteiger partial charge is 0.381 e. The first-order chi connectivity index (χ1) is 13.3. The molecule has 3 rings (SSSR count). The van der Waals surface area contributed by atoms with Gasteiger partial charge in [-0.1, -0.05) is 42.5 Å². The first-order valence-electron chi connectivity index (χ1n) is 10.3. The van der Waals surface area contributed by atoms with Gasteiger partial charge in [0, 0.05) is 39.9 Å². The summed E-state index contributed by atoms with van der Waals surface area (Å²) >= 11 is 0. The Hall–Kier alpha value is -2.07. The second kappa shape index (κ2) is 10.3. The minimum Gasteiger partial charge on any atom is -0.381 e. The molecule has 1 aliphatic heterocycles. The lowest BCUT2D eigenvalue weighted by molar-refractivity contribution is 0.0625. The van der Waals surface area contributed by atoms with Crippen LogP contribution in [0.2, 0.25) is 0 Å². The maximum atomic E-state index is 5.46. The summed E-state index contributed by atoms with van der Waals surface area (Å²) in [6, 6.07) is 15.2. The van der Waals surface area contributed by atoms with Gasteiger partial charge in [-0.3, -0.25) is 4.99 Å². The summed E-state index contributed by atoms with van der Waals surface area (Å²) in [6.07, 6.45) is 4.58. The van der Waals surface area contributed by atoms with E-state index in [-0.39, 0.29) is 0 Å². The van der Waals surface area contributed by atoms with Gasteiger partial charge in [-0.05, 0) is 54.9 Å². The molecule has 0 unspecified atom stereocenters. The van der Waals surface area contributed by atoms with Crippen LogP contribution in [0.15, 0.2) is 47.5 Å². The highest BCUT2D eigenvalue weighted by atomic mass is 16.5. The van der Waals surface area contributed by atoms with Crippen molar-refractivity contribution in [3.05, 3.63) is 48.0 Å². The van der Waals surface area contributed by atoms with E-state index in [0.29, 0.717) is 0 Å². The average molecular weight is 368 g/mol. The highest BCUT2D eigenvalue weighted by molar-refractivity contribution is 5.83. The molecule has 0 aromatic heterocycles. The Kier molecular flexibility index (Phi) is 7.52. The third-order valence-electron chi connectivity index (χ3n) is 5.39. The fourth-order valence-corrected chi connectivity index (χ4v) is 3.67. The molecule has 0 aliphatic carbocycles. The van der Waals surface area contributed by atoms with E-state index in [9.17, 15) is 0 Å². The van der Waals surface area contributed by atoms with E-state index >= 15 is 0 Å². The molecule has 0 bridgehead atoms. The Morgan fingerprint density at radius 3 is 2.70 bits per heavy atom. The fraction of sp³-hybridized carbons (Fsp3) is 0.522. The van der Waals surface area contributed by atoms with Gasteiger partial charge in [-0.25, -0.2) is 0 Å². The second-order valence-corrected chi connectivity index (χ2v) is 7.43. The van der Waals surface area contributed by atoms with Gasteiger partial charge in [0.05, 0.1) is 0 Å². The third kappa shape index (κ3) is 5.96. The summed E-state index contributed by atoms with van der Waals surface area (Å²) < 4.78 is 5.46. The van der Waals surface area contributed by atoms with E-state index < -0.39 is 0 Å². The minimum atomic E-state index is 0.793. The third-order valence-corrected chi connectivity index (χ3v) is 5.39. The SMILES string of the molecule is CCNC(=NCCc1ccc2ccccc2c1)N(C)CCC1CCOCC1. The average Bonchev–Trinajstić information content (AvgIpc) is 2.72. The van der Waals surface area contributed by atoms with E-state index in [1.807, 2.05) is 0 Å². The lowest BCUT2D eigenvalue weighted by atomic mass is 9.96. The van der Waals surface area contributed by atoms with Crippen molar-refractivity contribution in [1.82, 2.24) is 10.2 Å². The Morgan fingerprint density at radius 1 is 1.15 bits per heavy atom. The molecule has 0 radical (unpaired) electrons. The van der Waals surface area contributed by atoms with Crippen LogP contribution in [0.3, 0.4) is 0 Å². The second-order valence-electron chi connectivity index (χ2n) is 7.43. The van der Waals surface area contributed by atoms with Gasteiger partial charge < -0.3 is 15.0 Å². The lowest BCUT2D eigenvalue weighted by Gasteiger charge is -2.26. The zero-order chi connectivity index (χ0) is 18.9. The van der Waals surface area contributed by atoms with Gasteiger partial charge in [0.2, 0.25) is 0 Å². The van der Waals surface area contributed by atoms with Crippen LogP contribution in [0, 0.1) is 5.92 Å². The van der Waals surface area contributed by atoms with Crippen molar-refractivity contribution in [2.24, 2.45) is 10.9 Å². The Morgan fingerprint density at radius 2 is 1.93 bits per heavy atom. The number of benzene rings is 2. The quantitative estimate of drug-likeness (QED) is 0.591. The molecule has 0 saturated carbocycles. The van der Waals surface area contributed by atoms with Gasteiger partial charge in [0.15, 0.2) is 5.96 Å². The molecule has 0 atom stereocenters. The maximum absolute atomic E-state index is 5.46. The highest BCUT2D eigenvalue weighted by Crippen LogP contribution is 2.18. The van der Waals surface area contributed by atoms with E-state index in [1.54, 1.807) is 0 Å². The van der Waals surface area contributed by atoms with Crippen LogP contribution in [0.5, 0.6) is 0 Å². The highest BCUT2D eigenvalue weighted by Gasteiger charge is 2.15. The van der Waals surface area contributed by atoms with Crippen LogP contribution in [0.4, 0.5) is 0 Å². The van der Waals surface area contributed by atoms with E-state index in [2.05, 4.69) is 66.7 Å². The molecular weight excluding hydrogens is 334 g/mol. The number of ether oxygens (including phenoxy) is 1. The number of nitrogens with zero attached hydrogens (tertiary/aromatic N) is 2. The summed E-state index contributed by atoms with van der Waals surface area (Å²) in [6.45, 7) is 6.74. The van der Waals surface area contributed by atoms with Gasteiger partial charge in [0.25, 0.3) is 0 Å². The molecule has 2 aromatic carbocycles.